The molecule has 6 nitrogen and oxygen atoms in total. The summed E-state index contributed by atoms with van der Waals surface area (Å²) in [4.78, 5) is 0. The van der Waals surface area contributed by atoms with Crippen LogP contribution in [0.15, 0.2) is 91.0 Å². The summed E-state index contributed by atoms with van der Waals surface area (Å²) in [6, 6.07) is 29.8. The molecule has 178 valence electrons. The molecule has 2 aliphatic rings. The SMILES string of the molecule is CC1(C)O[C@H]2O[C@@H]([C@H](O)COC(c3ccccc3)(c3ccccc3)c3ccccc3)[C@@H](O)[C@@H]2O1. The fourth-order valence-corrected chi connectivity index (χ4v) is 4.91. The largest absolute Gasteiger partial charge is 0.388 e. The summed E-state index contributed by atoms with van der Waals surface area (Å²) >= 11 is 0. The zero-order chi connectivity index (χ0) is 23.8. The van der Waals surface area contributed by atoms with E-state index in [9.17, 15) is 10.2 Å². The second-order valence-corrected chi connectivity index (χ2v) is 9.22. The monoisotopic (exact) mass is 462 g/mol. The number of hydrogen-bond donors (Lipinski definition) is 2. The molecule has 0 aromatic heterocycles. The first kappa shape index (κ1) is 23.2. The van der Waals surface area contributed by atoms with E-state index in [1.54, 1.807) is 13.8 Å². The van der Waals surface area contributed by atoms with E-state index in [2.05, 4.69) is 0 Å². The van der Waals surface area contributed by atoms with E-state index in [0.29, 0.717) is 0 Å². The van der Waals surface area contributed by atoms with E-state index in [4.69, 9.17) is 18.9 Å². The van der Waals surface area contributed by atoms with Crippen molar-refractivity contribution in [1.82, 2.24) is 0 Å². The van der Waals surface area contributed by atoms with Crippen LogP contribution >= 0.6 is 0 Å². The van der Waals surface area contributed by atoms with Gasteiger partial charge >= 0.3 is 0 Å². The highest BCUT2D eigenvalue weighted by Gasteiger charge is 2.56. The van der Waals surface area contributed by atoms with Gasteiger partial charge in [-0.2, -0.15) is 0 Å². The Kier molecular flexibility index (Phi) is 6.29. The van der Waals surface area contributed by atoms with Crippen LogP contribution in [0.4, 0.5) is 0 Å². The van der Waals surface area contributed by atoms with Gasteiger partial charge in [-0.25, -0.2) is 0 Å². The molecule has 0 amide bonds. The first-order chi connectivity index (χ1) is 16.4. The van der Waals surface area contributed by atoms with Crippen LogP contribution < -0.4 is 0 Å². The number of rotatable bonds is 7. The minimum Gasteiger partial charge on any atom is -0.388 e. The van der Waals surface area contributed by atoms with Crippen LogP contribution in [0.5, 0.6) is 0 Å². The third kappa shape index (κ3) is 4.18. The van der Waals surface area contributed by atoms with Crippen molar-refractivity contribution >= 4 is 0 Å². The molecule has 2 aliphatic heterocycles. The van der Waals surface area contributed by atoms with E-state index in [1.165, 1.54) is 0 Å². The maximum Gasteiger partial charge on any atom is 0.190 e. The Bertz CT molecular complexity index is 975. The molecule has 5 rings (SSSR count). The molecule has 5 atom stereocenters. The number of ether oxygens (including phenoxy) is 4. The van der Waals surface area contributed by atoms with Crippen LogP contribution in [0.25, 0.3) is 0 Å². The minimum atomic E-state index is -1.11. The van der Waals surface area contributed by atoms with Gasteiger partial charge in [0.15, 0.2) is 12.1 Å². The summed E-state index contributed by atoms with van der Waals surface area (Å²) in [5.74, 6) is -0.841. The Hall–Kier alpha value is -2.58. The summed E-state index contributed by atoms with van der Waals surface area (Å²) in [7, 11) is 0. The molecule has 34 heavy (non-hydrogen) atoms. The highest BCUT2D eigenvalue weighted by atomic mass is 16.8. The number of fused-ring (bicyclic) bond motifs is 1. The van der Waals surface area contributed by atoms with Gasteiger partial charge in [-0.15, -0.1) is 0 Å². The zero-order valence-corrected chi connectivity index (χ0v) is 19.3. The van der Waals surface area contributed by atoms with Crippen molar-refractivity contribution in [2.75, 3.05) is 6.61 Å². The number of aliphatic hydroxyl groups excluding tert-OH is 2. The van der Waals surface area contributed by atoms with Crippen LogP contribution in [-0.4, -0.2) is 53.3 Å². The smallest absolute Gasteiger partial charge is 0.190 e. The van der Waals surface area contributed by atoms with Crippen LogP contribution in [0.1, 0.15) is 30.5 Å². The van der Waals surface area contributed by atoms with Crippen molar-refractivity contribution in [3.05, 3.63) is 108 Å². The van der Waals surface area contributed by atoms with Crippen LogP contribution in [0.2, 0.25) is 0 Å². The molecule has 2 heterocycles. The Morgan fingerprint density at radius 3 is 1.74 bits per heavy atom. The molecule has 2 saturated heterocycles. The van der Waals surface area contributed by atoms with Crippen molar-refractivity contribution in [2.45, 2.75) is 55.9 Å². The molecular formula is C28H30O6. The van der Waals surface area contributed by atoms with Crippen molar-refractivity contribution < 1.29 is 29.2 Å². The quantitative estimate of drug-likeness (QED) is 0.523. The summed E-state index contributed by atoms with van der Waals surface area (Å²) in [5.41, 5.74) is 1.81. The number of hydrogen-bond acceptors (Lipinski definition) is 6. The van der Waals surface area contributed by atoms with Gasteiger partial charge in [-0.05, 0) is 30.5 Å². The van der Waals surface area contributed by atoms with Crippen molar-refractivity contribution in [3.63, 3.8) is 0 Å². The zero-order valence-electron chi connectivity index (χ0n) is 19.3. The van der Waals surface area contributed by atoms with Crippen molar-refractivity contribution in [2.24, 2.45) is 0 Å². The second kappa shape index (κ2) is 9.23. The van der Waals surface area contributed by atoms with Gasteiger partial charge in [0.1, 0.15) is 30.0 Å². The third-order valence-electron chi connectivity index (χ3n) is 6.44. The molecule has 0 unspecified atom stereocenters. The number of aliphatic hydroxyl groups is 2. The molecule has 0 aliphatic carbocycles. The topological polar surface area (TPSA) is 77.4 Å². The first-order valence-corrected chi connectivity index (χ1v) is 11.6. The Morgan fingerprint density at radius 2 is 1.29 bits per heavy atom. The molecule has 0 radical (unpaired) electrons. The molecule has 2 fully saturated rings. The molecule has 2 N–H and O–H groups in total. The highest BCUT2D eigenvalue weighted by Crippen LogP contribution is 2.42. The van der Waals surface area contributed by atoms with E-state index in [1.807, 2.05) is 91.0 Å². The van der Waals surface area contributed by atoms with E-state index in [0.717, 1.165) is 16.7 Å². The van der Waals surface area contributed by atoms with E-state index in [-0.39, 0.29) is 6.61 Å². The van der Waals surface area contributed by atoms with Gasteiger partial charge in [0.2, 0.25) is 0 Å². The fraction of sp³-hybridized carbons (Fsp3) is 0.357. The molecule has 6 heteroatoms. The lowest BCUT2D eigenvalue weighted by Crippen LogP contribution is -2.45. The first-order valence-electron chi connectivity index (χ1n) is 11.6. The van der Waals surface area contributed by atoms with E-state index >= 15 is 0 Å². The molecule has 3 aromatic carbocycles. The number of benzene rings is 3. The van der Waals surface area contributed by atoms with Gasteiger partial charge < -0.3 is 29.2 Å². The maximum absolute atomic E-state index is 11.1. The van der Waals surface area contributed by atoms with Crippen LogP contribution in [0, 0.1) is 0 Å². The van der Waals surface area contributed by atoms with Crippen molar-refractivity contribution in [3.8, 4) is 0 Å². The summed E-state index contributed by atoms with van der Waals surface area (Å²) in [6.07, 6.45) is -4.42. The van der Waals surface area contributed by atoms with Crippen LogP contribution in [-0.2, 0) is 24.5 Å². The standard InChI is InChI=1S/C28H30O6/c1-27(2)33-25-23(30)24(32-26(25)34-27)22(29)18-31-28(19-12-6-3-7-13-19,20-14-8-4-9-15-20)21-16-10-5-11-17-21/h3-17,22-26,29-30H,18H2,1-2H3/t22-,23-,24+,25+,26-/m1/s1. The van der Waals surface area contributed by atoms with Gasteiger partial charge in [0, 0.05) is 0 Å². The normalized spacial score (nSPS) is 26.8. The second-order valence-electron chi connectivity index (χ2n) is 9.22. The lowest BCUT2D eigenvalue weighted by molar-refractivity contribution is -0.230. The van der Waals surface area contributed by atoms with Crippen LogP contribution in [0.3, 0.4) is 0 Å². The predicted octanol–water partition coefficient (Wildman–Crippen LogP) is 3.59. The molecule has 3 aromatic rings. The lowest BCUT2D eigenvalue weighted by Gasteiger charge is -2.37. The highest BCUT2D eigenvalue weighted by molar-refractivity contribution is 5.47. The Morgan fingerprint density at radius 1 is 0.824 bits per heavy atom. The predicted molar refractivity (Wildman–Crippen MR) is 126 cm³/mol. The van der Waals surface area contributed by atoms with Gasteiger partial charge in [0.25, 0.3) is 0 Å². The average molecular weight is 463 g/mol. The van der Waals surface area contributed by atoms with E-state index < -0.39 is 42.1 Å². The fourth-order valence-electron chi connectivity index (χ4n) is 4.91. The molecule has 0 saturated carbocycles. The third-order valence-corrected chi connectivity index (χ3v) is 6.44. The van der Waals surface area contributed by atoms with Gasteiger partial charge in [0.05, 0.1) is 6.61 Å². The van der Waals surface area contributed by atoms with Gasteiger partial charge in [-0.3, -0.25) is 0 Å². The minimum absolute atomic E-state index is 0.0801. The Labute approximate surface area is 199 Å². The van der Waals surface area contributed by atoms with Gasteiger partial charge in [-0.1, -0.05) is 91.0 Å². The molecular weight excluding hydrogens is 432 g/mol. The summed E-state index contributed by atoms with van der Waals surface area (Å²) in [5, 5.41) is 21.9. The summed E-state index contributed by atoms with van der Waals surface area (Å²) < 4.78 is 24.0. The molecule has 0 bridgehead atoms. The molecule has 0 spiro atoms. The van der Waals surface area contributed by atoms with Crippen molar-refractivity contribution in [1.29, 1.82) is 0 Å². The average Bonchev–Trinajstić information content (AvgIpc) is 3.33. The maximum atomic E-state index is 11.1. The summed E-state index contributed by atoms with van der Waals surface area (Å²) in [6.45, 7) is 3.46. The Balaban J connectivity index is 1.46. The lowest BCUT2D eigenvalue weighted by atomic mass is 9.80.